The van der Waals surface area contributed by atoms with Crippen molar-refractivity contribution < 1.29 is 9.57 Å². The van der Waals surface area contributed by atoms with Gasteiger partial charge in [0.1, 0.15) is 5.75 Å². The van der Waals surface area contributed by atoms with Gasteiger partial charge in [0.15, 0.2) is 0 Å². The summed E-state index contributed by atoms with van der Waals surface area (Å²) in [5, 5.41) is 0. The van der Waals surface area contributed by atoms with Gasteiger partial charge in [-0.15, -0.1) is 0 Å². The molecule has 3 nitrogen and oxygen atoms in total. The topological polar surface area (TPSA) is 44.5 Å². The SMILES string of the molecule is CC(C)c1ccc(OCCCON)cc1. The second-order valence-electron chi connectivity index (χ2n) is 3.80. The molecular weight excluding hydrogens is 190 g/mol. The standard InChI is InChI=1S/C12H19NO2/c1-10(2)11-4-6-12(7-5-11)14-8-3-9-15-13/h4-7,10H,3,8-9,13H2,1-2H3. The second kappa shape index (κ2) is 6.43. The summed E-state index contributed by atoms with van der Waals surface area (Å²) < 4.78 is 5.51. The first kappa shape index (κ1) is 12.0. The Labute approximate surface area is 91.1 Å². The van der Waals surface area contributed by atoms with E-state index >= 15 is 0 Å². The highest BCUT2D eigenvalue weighted by Gasteiger charge is 1.99. The highest BCUT2D eigenvalue weighted by molar-refractivity contribution is 5.28. The zero-order valence-electron chi connectivity index (χ0n) is 9.40. The van der Waals surface area contributed by atoms with Crippen LogP contribution in [-0.4, -0.2) is 13.2 Å². The molecule has 1 aromatic carbocycles. The molecule has 0 aliphatic carbocycles. The first-order chi connectivity index (χ1) is 7.24. The lowest BCUT2D eigenvalue weighted by Gasteiger charge is -2.08. The van der Waals surface area contributed by atoms with Gasteiger partial charge >= 0.3 is 0 Å². The fraction of sp³-hybridized carbons (Fsp3) is 0.500. The fourth-order valence-electron chi connectivity index (χ4n) is 1.28. The van der Waals surface area contributed by atoms with Gasteiger partial charge in [0.25, 0.3) is 0 Å². The molecule has 1 rings (SSSR count). The summed E-state index contributed by atoms with van der Waals surface area (Å²) in [4.78, 5) is 4.45. The molecule has 0 fully saturated rings. The normalized spacial score (nSPS) is 10.7. The van der Waals surface area contributed by atoms with Crippen molar-refractivity contribution in [3.05, 3.63) is 29.8 Å². The molecule has 0 radical (unpaired) electrons. The van der Waals surface area contributed by atoms with Gasteiger partial charge in [-0.1, -0.05) is 26.0 Å². The second-order valence-corrected chi connectivity index (χ2v) is 3.80. The van der Waals surface area contributed by atoms with Gasteiger partial charge in [-0.3, -0.25) is 0 Å². The van der Waals surface area contributed by atoms with E-state index in [0.717, 1.165) is 12.2 Å². The van der Waals surface area contributed by atoms with Crippen molar-refractivity contribution in [3.63, 3.8) is 0 Å². The van der Waals surface area contributed by atoms with Gasteiger partial charge < -0.3 is 9.57 Å². The van der Waals surface area contributed by atoms with Crippen LogP contribution < -0.4 is 10.6 Å². The van der Waals surface area contributed by atoms with Crippen LogP contribution >= 0.6 is 0 Å². The largest absolute Gasteiger partial charge is 0.494 e. The van der Waals surface area contributed by atoms with Crippen molar-refractivity contribution in [2.24, 2.45) is 5.90 Å². The van der Waals surface area contributed by atoms with Crippen LogP contribution in [0.25, 0.3) is 0 Å². The van der Waals surface area contributed by atoms with Crippen molar-refractivity contribution in [2.75, 3.05) is 13.2 Å². The molecule has 2 N–H and O–H groups in total. The lowest BCUT2D eigenvalue weighted by atomic mass is 10.0. The predicted octanol–water partition coefficient (Wildman–Crippen LogP) is 2.47. The lowest BCUT2D eigenvalue weighted by molar-refractivity contribution is 0.122. The van der Waals surface area contributed by atoms with Crippen LogP contribution in [0.5, 0.6) is 5.75 Å². The van der Waals surface area contributed by atoms with Crippen LogP contribution in [0.4, 0.5) is 0 Å². The van der Waals surface area contributed by atoms with Crippen LogP contribution in [0.15, 0.2) is 24.3 Å². The zero-order valence-corrected chi connectivity index (χ0v) is 9.40. The maximum absolute atomic E-state index is 5.51. The summed E-state index contributed by atoms with van der Waals surface area (Å²) in [6.07, 6.45) is 0.808. The van der Waals surface area contributed by atoms with E-state index in [9.17, 15) is 0 Å². The molecule has 0 unspecified atom stereocenters. The molecule has 84 valence electrons. The molecule has 0 atom stereocenters. The Bertz CT molecular complexity index is 269. The molecule has 0 aliphatic heterocycles. The van der Waals surface area contributed by atoms with Gasteiger partial charge in [-0.05, 0) is 23.6 Å². The molecule has 0 aliphatic rings. The lowest BCUT2D eigenvalue weighted by Crippen LogP contribution is -2.06. The molecule has 1 aromatic rings. The van der Waals surface area contributed by atoms with E-state index < -0.39 is 0 Å². The van der Waals surface area contributed by atoms with Crippen molar-refractivity contribution in [1.29, 1.82) is 0 Å². The minimum Gasteiger partial charge on any atom is -0.494 e. The molecule has 0 amide bonds. The Morgan fingerprint density at radius 1 is 1.13 bits per heavy atom. The van der Waals surface area contributed by atoms with Crippen LogP contribution in [0.2, 0.25) is 0 Å². The summed E-state index contributed by atoms with van der Waals surface area (Å²) >= 11 is 0. The van der Waals surface area contributed by atoms with E-state index in [1.165, 1.54) is 5.56 Å². The molecular formula is C12H19NO2. The van der Waals surface area contributed by atoms with Gasteiger partial charge in [0.05, 0.1) is 13.2 Å². The summed E-state index contributed by atoms with van der Waals surface area (Å²) in [5.74, 6) is 6.36. The molecule has 0 aromatic heterocycles. The molecule has 0 saturated heterocycles. The molecule has 0 heterocycles. The van der Waals surface area contributed by atoms with Gasteiger partial charge in [-0.2, -0.15) is 0 Å². The van der Waals surface area contributed by atoms with Gasteiger partial charge in [0.2, 0.25) is 0 Å². The number of hydrogen-bond donors (Lipinski definition) is 1. The Morgan fingerprint density at radius 2 is 1.80 bits per heavy atom. The van der Waals surface area contributed by atoms with Crippen LogP contribution in [0.3, 0.4) is 0 Å². The third-order valence-corrected chi connectivity index (χ3v) is 2.22. The number of rotatable bonds is 6. The minimum atomic E-state index is 0.532. The molecule has 3 heteroatoms. The van der Waals surface area contributed by atoms with Crippen molar-refractivity contribution >= 4 is 0 Å². The molecule has 0 bridgehead atoms. The Kier molecular flexibility index (Phi) is 5.15. The molecule has 15 heavy (non-hydrogen) atoms. The first-order valence-electron chi connectivity index (χ1n) is 5.28. The van der Waals surface area contributed by atoms with E-state index in [1.54, 1.807) is 0 Å². The highest BCUT2D eigenvalue weighted by atomic mass is 16.6. The first-order valence-corrected chi connectivity index (χ1v) is 5.28. The summed E-state index contributed by atoms with van der Waals surface area (Å²) in [7, 11) is 0. The smallest absolute Gasteiger partial charge is 0.119 e. The van der Waals surface area contributed by atoms with Gasteiger partial charge in [-0.25, -0.2) is 5.90 Å². The number of benzene rings is 1. The van der Waals surface area contributed by atoms with E-state index in [4.69, 9.17) is 10.6 Å². The Balaban J connectivity index is 2.36. The van der Waals surface area contributed by atoms with E-state index in [0.29, 0.717) is 19.1 Å². The summed E-state index contributed by atoms with van der Waals surface area (Å²) in [6, 6.07) is 8.19. The third kappa shape index (κ3) is 4.32. The number of ether oxygens (including phenoxy) is 1. The quantitative estimate of drug-likeness (QED) is 0.578. The maximum Gasteiger partial charge on any atom is 0.119 e. The van der Waals surface area contributed by atoms with Crippen LogP contribution in [0, 0.1) is 0 Å². The Morgan fingerprint density at radius 3 is 2.33 bits per heavy atom. The molecule has 0 spiro atoms. The maximum atomic E-state index is 5.51. The predicted molar refractivity (Wildman–Crippen MR) is 60.8 cm³/mol. The van der Waals surface area contributed by atoms with Gasteiger partial charge in [0, 0.05) is 6.42 Å². The summed E-state index contributed by atoms with van der Waals surface area (Å²) in [5.41, 5.74) is 1.33. The average Bonchev–Trinajstić information content (AvgIpc) is 2.25. The Hall–Kier alpha value is -1.06. The van der Waals surface area contributed by atoms with Crippen molar-refractivity contribution in [1.82, 2.24) is 0 Å². The third-order valence-electron chi connectivity index (χ3n) is 2.22. The van der Waals surface area contributed by atoms with Crippen LogP contribution in [0.1, 0.15) is 31.7 Å². The van der Waals surface area contributed by atoms with E-state index in [1.807, 2.05) is 12.1 Å². The van der Waals surface area contributed by atoms with Crippen LogP contribution in [-0.2, 0) is 4.84 Å². The molecule has 0 saturated carbocycles. The zero-order chi connectivity index (χ0) is 11.1. The fourth-order valence-corrected chi connectivity index (χ4v) is 1.28. The number of nitrogens with two attached hydrogens (primary N) is 1. The highest BCUT2D eigenvalue weighted by Crippen LogP contribution is 2.18. The summed E-state index contributed by atoms with van der Waals surface area (Å²) in [6.45, 7) is 5.52. The number of hydrogen-bond acceptors (Lipinski definition) is 3. The minimum absolute atomic E-state index is 0.532. The van der Waals surface area contributed by atoms with E-state index in [2.05, 4.69) is 30.8 Å². The van der Waals surface area contributed by atoms with Crippen molar-refractivity contribution in [2.45, 2.75) is 26.2 Å². The van der Waals surface area contributed by atoms with E-state index in [-0.39, 0.29) is 0 Å². The monoisotopic (exact) mass is 209 g/mol. The van der Waals surface area contributed by atoms with Crippen molar-refractivity contribution in [3.8, 4) is 5.75 Å². The average molecular weight is 209 g/mol.